The second kappa shape index (κ2) is 4.32. The van der Waals surface area contributed by atoms with Crippen molar-refractivity contribution in [2.45, 2.75) is 6.35 Å². The normalized spacial score (nSPS) is 19.6. The van der Waals surface area contributed by atoms with Gasteiger partial charge in [0.2, 0.25) is 6.35 Å². The molecule has 1 saturated heterocycles. The molecule has 6 nitrogen and oxygen atoms in total. The Balaban J connectivity index is 2.19. The van der Waals surface area contributed by atoms with Crippen LogP contribution in [-0.2, 0) is 4.74 Å². The summed E-state index contributed by atoms with van der Waals surface area (Å²) in [6.07, 6.45) is -0.467. The average Bonchev–Trinajstić information content (AvgIpc) is 2.93. The number of ether oxygens (including phenoxy) is 1. The molecule has 1 unspecified atom stereocenters. The van der Waals surface area contributed by atoms with E-state index in [-0.39, 0.29) is 5.59 Å². The summed E-state index contributed by atoms with van der Waals surface area (Å²) in [7, 11) is -1.75. The Morgan fingerprint density at radius 2 is 2.33 bits per heavy atom. The number of nitrogens with one attached hydrogen (secondary N) is 1. The number of hydrogen-bond acceptors (Lipinski definition) is 5. The van der Waals surface area contributed by atoms with Crippen molar-refractivity contribution in [1.29, 1.82) is 0 Å². The number of halogens is 1. The molecule has 0 aliphatic carbocycles. The second-order valence-electron chi connectivity index (χ2n) is 4.04. The zero-order valence-electron chi connectivity index (χ0n) is 9.38. The smallest absolute Gasteiger partial charge is 0.422 e. The van der Waals surface area contributed by atoms with Crippen molar-refractivity contribution in [3.8, 4) is 0 Å². The van der Waals surface area contributed by atoms with Crippen LogP contribution in [0.1, 0.15) is 6.35 Å². The molecular weight excluding hydrogens is 240 g/mol. The van der Waals surface area contributed by atoms with E-state index < -0.39 is 19.3 Å². The highest BCUT2D eigenvalue weighted by Crippen LogP contribution is 2.19. The van der Waals surface area contributed by atoms with Crippen LogP contribution in [0.2, 0.25) is 0 Å². The van der Waals surface area contributed by atoms with Crippen molar-refractivity contribution in [2.75, 3.05) is 13.2 Å². The van der Waals surface area contributed by atoms with E-state index in [0.29, 0.717) is 24.1 Å². The lowest BCUT2D eigenvalue weighted by Crippen LogP contribution is -2.33. The Morgan fingerprint density at radius 1 is 1.50 bits per heavy atom. The molecule has 1 aromatic heterocycles. The molecule has 0 spiro atoms. The number of nitrogens with zero attached hydrogens (tertiary/aromatic N) is 2. The van der Waals surface area contributed by atoms with Gasteiger partial charge in [0.1, 0.15) is 11.4 Å². The lowest BCUT2D eigenvalue weighted by molar-refractivity contribution is 0.0383. The summed E-state index contributed by atoms with van der Waals surface area (Å²) < 4.78 is 20.1. The van der Waals surface area contributed by atoms with Crippen molar-refractivity contribution in [3.63, 3.8) is 0 Å². The van der Waals surface area contributed by atoms with Gasteiger partial charge in [-0.3, -0.25) is 5.32 Å². The monoisotopic (exact) mass is 251 g/mol. The second-order valence-corrected chi connectivity index (χ2v) is 4.04. The number of aromatic nitrogens is 2. The van der Waals surface area contributed by atoms with Crippen LogP contribution in [0.15, 0.2) is 18.2 Å². The predicted molar refractivity (Wildman–Crippen MR) is 62.5 cm³/mol. The zero-order chi connectivity index (χ0) is 12.7. The largest absolute Gasteiger partial charge is 0.510 e. The highest BCUT2D eigenvalue weighted by Gasteiger charge is 2.26. The van der Waals surface area contributed by atoms with E-state index >= 15 is 0 Å². The summed E-state index contributed by atoms with van der Waals surface area (Å²) in [5, 5.41) is 26.0. The summed E-state index contributed by atoms with van der Waals surface area (Å²) in [5.41, 5.74) is 0.598. The van der Waals surface area contributed by atoms with Gasteiger partial charge < -0.3 is 14.8 Å². The first kappa shape index (κ1) is 11.6. The average molecular weight is 251 g/mol. The number of rotatable bonds is 2. The van der Waals surface area contributed by atoms with Gasteiger partial charge in [-0.2, -0.15) is 5.10 Å². The first-order valence-electron chi connectivity index (χ1n) is 5.55. The van der Waals surface area contributed by atoms with E-state index in [2.05, 4.69) is 10.4 Å². The fraction of sp³-hybridized carbons (Fsp3) is 0.300. The van der Waals surface area contributed by atoms with Crippen molar-refractivity contribution in [1.82, 2.24) is 15.1 Å². The van der Waals surface area contributed by atoms with E-state index in [1.807, 2.05) is 0 Å². The Bertz CT molecular complexity index is 583. The lowest BCUT2D eigenvalue weighted by Gasteiger charge is -2.11. The van der Waals surface area contributed by atoms with Gasteiger partial charge in [0, 0.05) is 11.9 Å². The summed E-state index contributed by atoms with van der Waals surface area (Å²) in [4.78, 5) is 0. The molecule has 1 fully saturated rings. The van der Waals surface area contributed by atoms with Crippen LogP contribution in [-0.4, -0.2) is 40.1 Å². The Morgan fingerprint density at radius 3 is 3.00 bits per heavy atom. The molecule has 3 rings (SSSR count). The van der Waals surface area contributed by atoms with Gasteiger partial charge in [-0.15, -0.1) is 0 Å². The molecule has 0 amide bonds. The molecule has 0 bridgehead atoms. The molecule has 8 heteroatoms. The van der Waals surface area contributed by atoms with Crippen LogP contribution >= 0.6 is 0 Å². The van der Waals surface area contributed by atoms with Gasteiger partial charge in [0.15, 0.2) is 0 Å². The maximum Gasteiger partial charge on any atom is 0.510 e. The topological polar surface area (TPSA) is 79.5 Å². The van der Waals surface area contributed by atoms with Gasteiger partial charge in [0.05, 0.1) is 12.1 Å². The minimum atomic E-state index is -1.75. The molecule has 2 heterocycles. The van der Waals surface area contributed by atoms with E-state index in [1.165, 1.54) is 22.9 Å². The van der Waals surface area contributed by atoms with Crippen LogP contribution in [0.5, 0.6) is 0 Å². The van der Waals surface area contributed by atoms with Crippen LogP contribution < -0.4 is 10.9 Å². The Labute approximate surface area is 102 Å². The first-order chi connectivity index (χ1) is 8.66. The molecule has 1 atom stereocenters. The molecular formula is C10H11BFN3O3. The zero-order valence-corrected chi connectivity index (χ0v) is 9.38. The van der Waals surface area contributed by atoms with E-state index in [0.717, 1.165) is 0 Å². The van der Waals surface area contributed by atoms with Crippen molar-refractivity contribution in [3.05, 3.63) is 24.0 Å². The summed E-state index contributed by atoms with van der Waals surface area (Å²) >= 11 is 0. The van der Waals surface area contributed by atoms with Crippen molar-refractivity contribution >= 4 is 23.6 Å². The van der Waals surface area contributed by atoms with E-state index in [1.54, 1.807) is 0 Å². The minimum absolute atomic E-state index is 0.0156. The number of hydrogen-bond donors (Lipinski definition) is 3. The third kappa shape index (κ3) is 1.79. The fourth-order valence-electron chi connectivity index (χ4n) is 2.08. The van der Waals surface area contributed by atoms with Crippen molar-refractivity contribution < 1.29 is 19.2 Å². The minimum Gasteiger partial charge on any atom is -0.422 e. The number of benzene rings is 1. The van der Waals surface area contributed by atoms with Crippen molar-refractivity contribution in [2.24, 2.45) is 0 Å². The molecule has 18 heavy (non-hydrogen) atoms. The highest BCUT2D eigenvalue weighted by molar-refractivity contribution is 6.60. The lowest BCUT2D eigenvalue weighted by atomic mass is 9.84. The molecule has 1 aliphatic heterocycles. The summed E-state index contributed by atoms with van der Waals surface area (Å²) in [5.74, 6) is -0.454. The molecule has 0 saturated carbocycles. The summed E-state index contributed by atoms with van der Waals surface area (Å²) in [6, 6.07) is 4.05. The molecule has 1 aliphatic rings. The molecule has 94 valence electrons. The van der Waals surface area contributed by atoms with Gasteiger partial charge in [-0.1, -0.05) is 0 Å². The van der Waals surface area contributed by atoms with Crippen LogP contribution in [0, 0.1) is 5.82 Å². The van der Waals surface area contributed by atoms with Crippen LogP contribution in [0.25, 0.3) is 10.9 Å². The van der Waals surface area contributed by atoms with E-state index in [9.17, 15) is 14.4 Å². The van der Waals surface area contributed by atoms with Gasteiger partial charge >= 0.3 is 7.12 Å². The van der Waals surface area contributed by atoms with Gasteiger partial charge in [-0.25, -0.2) is 9.07 Å². The molecule has 0 radical (unpaired) electrons. The standard InChI is InChI=1S/C10H11BFN3O3/c12-6-1-2-8-7(5-6)9(11(16)17)14-15(8)10-13-3-4-18-10/h1-2,5,10,13,16-17H,3-4H2. The van der Waals surface area contributed by atoms with Crippen LogP contribution in [0.4, 0.5) is 4.39 Å². The maximum atomic E-state index is 13.2. The predicted octanol–water partition coefficient (Wildman–Crippen LogP) is -1.07. The van der Waals surface area contributed by atoms with Crippen LogP contribution in [0.3, 0.4) is 0 Å². The SMILES string of the molecule is OB(O)c1nn(C2NCCO2)c2ccc(F)cc12. The Hall–Kier alpha value is -1.48. The van der Waals surface area contributed by atoms with Gasteiger partial charge in [0.25, 0.3) is 0 Å². The third-order valence-electron chi connectivity index (χ3n) is 2.86. The number of fused-ring (bicyclic) bond motifs is 1. The molecule has 1 aromatic carbocycles. The summed E-state index contributed by atoms with van der Waals surface area (Å²) in [6.45, 7) is 1.23. The highest BCUT2D eigenvalue weighted by atomic mass is 19.1. The van der Waals surface area contributed by atoms with E-state index in [4.69, 9.17) is 4.74 Å². The quantitative estimate of drug-likeness (QED) is 0.592. The first-order valence-corrected chi connectivity index (χ1v) is 5.55. The molecule has 2 aromatic rings. The fourth-order valence-corrected chi connectivity index (χ4v) is 2.08. The third-order valence-corrected chi connectivity index (χ3v) is 2.86. The van der Waals surface area contributed by atoms with Gasteiger partial charge in [-0.05, 0) is 18.2 Å². The Kier molecular flexibility index (Phi) is 2.79. The maximum absolute atomic E-state index is 13.2. The molecule has 3 N–H and O–H groups in total.